The van der Waals surface area contributed by atoms with Gasteiger partial charge in [0.25, 0.3) is 5.56 Å². The Balaban J connectivity index is 1.94. The maximum absolute atomic E-state index is 12.6. The van der Waals surface area contributed by atoms with Crippen LogP contribution in [0.3, 0.4) is 0 Å². The van der Waals surface area contributed by atoms with Crippen molar-refractivity contribution in [1.82, 2.24) is 9.55 Å². The van der Waals surface area contributed by atoms with Crippen molar-refractivity contribution < 1.29 is 0 Å². The van der Waals surface area contributed by atoms with E-state index >= 15 is 0 Å². The largest absolute Gasteiger partial charge is 0.310 e. The second kappa shape index (κ2) is 6.44. The average molecular weight is 303 g/mol. The van der Waals surface area contributed by atoms with E-state index in [0.717, 1.165) is 12.1 Å². The van der Waals surface area contributed by atoms with E-state index in [2.05, 4.69) is 4.98 Å². The van der Waals surface area contributed by atoms with Crippen LogP contribution in [0.25, 0.3) is 11.3 Å². The number of hydrogen-bond donors (Lipinski definition) is 0. The Bertz CT molecular complexity index is 660. The smallest absolute Gasteiger partial charge is 0.277 e. The van der Waals surface area contributed by atoms with E-state index in [1.54, 1.807) is 10.8 Å². The van der Waals surface area contributed by atoms with Crippen molar-refractivity contribution in [2.24, 2.45) is 5.92 Å². The van der Waals surface area contributed by atoms with Gasteiger partial charge in [-0.25, -0.2) is 4.98 Å². The molecule has 110 valence electrons. The number of benzene rings is 1. The minimum Gasteiger partial charge on any atom is -0.310 e. The van der Waals surface area contributed by atoms with Gasteiger partial charge in [0.05, 0.1) is 0 Å². The molecule has 21 heavy (non-hydrogen) atoms. The fraction of sp³-hybridized carbons (Fsp3) is 0.412. The summed E-state index contributed by atoms with van der Waals surface area (Å²) in [6.07, 6.45) is 7.93. The van der Waals surface area contributed by atoms with Crippen LogP contribution >= 0.6 is 11.6 Å². The summed E-state index contributed by atoms with van der Waals surface area (Å²) in [6, 6.07) is 9.52. The zero-order valence-corrected chi connectivity index (χ0v) is 12.7. The summed E-state index contributed by atoms with van der Waals surface area (Å²) in [6.45, 7) is 0.751. The van der Waals surface area contributed by atoms with E-state index in [1.807, 2.05) is 30.3 Å². The Labute approximate surface area is 129 Å². The molecule has 1 aromatic heterocycles. The van der Waals surface area contributed by atoms with Gasteiger partial charge in [-0.2, -0.15) is 0 Å². The third-order valence-electron chi connectivity index (χ3n) is 4.17. The summed E-state index contributed by atoms with van der Waals surface area (Å²) in [4.78, 5) is 16.9. The lowest BCUT2D eigenvalue weighted by Gasteiger charge is -2.22. The molecule has 3 nitrogen and oxygen atoms in total. The van der Waals surface area contributed by atoms with Gasteiger partial charge < -0.3 is 4.57 Å². The van der Waals surface area contributed by atoms with E-state index in [9.17, 15) is 4.79 Å². The van der Waals surface area contributed by atoms with Crippen molar-refractivity contribution in [3.05, 3.63) is 52.0 Å². The highest BCUT2D eigenvalue weighted by atomic mass is 35.5. The molecule has 0 radical (unpaired) electrons. The first kappa shape index (κ1) is 14.3. The van der Waals surface area contributed by atoms with Crippen LogP contribution in [-0.4, -0.2) is 9.55 Å². The monoisotopic (exact) mass is 302 g/mol. The molecule has 1 saturated carbocycles. The van der Waals surface area contributed by atoms with Crippen molar-refractivity contribution in [1.29, 1.82) is 0 Å². The van der Waals surface area contributed by atoms with Gasteiger partial charge in [-0.1, -0.05) is 61.2 Å². The molecule has 0 bridgehead atoms. The van der Waals surface area contributed by atoms with Gasteiger partial charge in [0.15, 0.2) is 0 Å². The molecule has 1 fully saturated rings. The second-order valence-electron chi connectivity index (χ2n) is 5.74. The normalized spacial score (nSPS) is 16.0. The van der Waals surface area contributed by atoms with Gasteiger partial charge in [0, 0.05) is 18.3 Å². The van der Waals surface area contributed by atoms with Crippen molar-refractivity contribution in [3.63, 3.8) is 0 Å². The SMILES string of the molecule is O=c1c(-c2ccccc2)nc(Cl)cn1CC1CCCCC1. The molecule has 0 unspecified atom stereocenters. The lowest BCUT2D eigenvalue weighted by molar-refractivity contribution is 0.316. The predicted molar refractivity (Wildman–Crippen MR) is 85.5 cm³/mol. The number of halogens is 1. The molecule has 0 saturated heterocycles. The highest BCUT2D eigenvalue weighted by molar-refractivity contribution is 6.29. The van der Waals surface area contributed by atoms with Crippen LogP contribution in [0.2, 0.25) is 5.15 Å². The predicted octanol–water partition coefficient (Wildman–Crippen LogP) is 4.14. The summed E-state index contributed by atoms with van der Waals surface area (Å²) in [5.74, 6) is 0.582. The Kier molecular flexibility index (Phi) is 4.39. The molecule has 0 atom stereocenters. The van der Waals surface area contributed by atoms with E-state index in [1.165, 1.54) is 32.1 Å². The lowest BCUT2D eigenvalue weighted by atomic mass is 9.89. The quantitative estimate of drug-likeness (QED) is 0.854. The molecule has 1 aliphatic rings. The first-order valence-electron chi connectivity index (χ1n) is 7.56. The fourth-order valence-corrected chi connectivity index (χ4v) is 3.28. The van der Waals surface area contributed by atoms with Crippen LogP contribution in [0.5, 0.6) is 0 Å². The average Bonchev–Trinajstić information content (AvgIpc) is 2.52. The molecule has 3 rings (SSSR count). The molecule has 2 aromatic rings. The summed E-state index contributed by atoms with van der Waals surface area (Å²) >= 11 is 6.12. The minimum absolute atomic E-state index is 0.0452. The molecule has 0 spiro atoms. The van der Waals surface area contributed by atoms with Gasteiger partial charge >= 0.3 is 0 Å². The Morgan fingerprint density at radius 2 is 1.86 bits per heavy atom. The van der Waals surface area contributed by atoms with Crippen molar-refractivity contribution in [3.8, 4) is 11.3 Å². The molecule has 0 aliphatic heterocycles. The van der Waals surface area contributed by atoms with Crippen LogP contribution in [0.4, 0.5) is 0 Å². The molecule has 4 heteroatoms. The molecule has 0 N–H and O–H groups in total. The van der Waals surface area contributed by atoms with Gasteiger partial charge in [0.1, 0.15) is 10.8 Å². The molecule has 1 aliphatic carbocycles. The highest BCUT2D eigenvalue weighted by Crippen LogP contribution is 2.25. The number of rotatable bonds is 3. The van der Waals surface area contributed by atoms with E-state index < -0.39 is 0 Å². The Morgan fingerprint density at radius 3 is 2.57 bits per heavy atom. The van der Waals surface area contributed by atoms with Gasteiger partial charge in [-0.05, 0) is 18.8 Å². The standard InChI is InChI=1S/C17H19ClN2O/c18-15-12-20(11-13-7-3-1-4-8-13)17(21)16(19-15)14-9-5-2-6-10-14/h2,5-6,9-10,12-13H,1,3-4,7-8,11H2. The number of aromatic nitrogens is 2. The zero-order chi connectivity index (χ0) is 14.7. The summed E-state index contributed by atoms with van der Waals surface area (Å²) < 4.78 is 1.74. The van der Waals surface area contributed by atoms with Gasteiger partial charge in [-0.3, -0.25) is 4.79 Å². The van der Waals surface area contributed by atoms with Crippen LogP contribution < -0.4 is 5.56 Å². The fourth-order valence-electron chi connectivity index (χ4n) is 3.07. The van der Waals surface area contributed by atoms with Crippen molar-refractivity contribution >= 4 is 11.6 Å². The highest BCUT2D eigenvalue weighted by Gasteiger charge is 2.16. The van der Waals surface area contributed by atoms with Gasteiger partial charge in [-0.15, -0.1) is 0 Å². The first-order valence-corrected chi connectivity index (χ1v) is 7.94. The zero-order valence-electron chi connectivity index (χ0n) is 12.0. The second-order valence-corrected chi connectivity index (χ2v) is 6.13. The van der Waals surface area contributed by atoms with Crippen LogP contribution in [0, 0.1) is 5.92 Å². The third kappa shape index (κ3) is 3.35. The topological polar surface area (TPSA) is 34.9 Å². The Morgan fingerprint density at radius 1 is 1.14 bits per heavy atom. The van der Waals surface area contributed by atoms with Gasteiger partial charge in [0.2, 0.25) is 0 Å². The Hall–Kier alpha value is -1.61. The van der Waals surface area contributed by atoms with E-state index in [4.69, 9.17) is 11.6 Å². The maximum Gasteiger partial charge on any atom is 0.277 e. The first-order chi connectivity index (χ1) is 10.2. The van der Waals surface area contributed by atoms with Crippen LogP contribution in [-0.2, 0) is 6.54 Å². The molecule has 1 heterocycles. The molecule has 1 aromatic carbocycles. The maximum atomic E-state index is 12.6. The van der Waals surface area contributed by atoms with E-state index in [0.29, 0.717) is 16.8 Å². The molecular formula is C17H19ClN2O. The number of hydrogen-bond acceptors (Lipinski definition) is 2. The van der Waals surface area contributed by atoms with Crippen LogP contribution in [0.15, 0.2) is 41.3 Å². The molecular weight excluding hydrogens is 284 g/mol. The summed E-state index contributed by atoms with van der Waals surface area (Å²) in [5, 5.41) is 0.379. The van der Waals surface area contributed by atoms with Crippen molar-refractivity contribution in [2.45, 2.75) is 38.6 Å². The van der Waals surface area contributed by atoms with Crippen molar-refractivity contribution in [2.75, 3.05) is 0 Å². The lowest BCUT2D eigenvalue weighted by Crippen LogP contribution is -2.27. The minimum atomic E-state index is -0.0452. The third-order valence-corrected chi connectivity index (χ3v) is 4.35. The summed E-state index contributed by atoms with van der Waals surface area (Å²) in [5.41, 5.74) is 1.22. The van der Waals surface area contributed by atoms with E-state index in [-0.39, 0.29) is 5.56 Å². The van der Waals surface area contributed by atoms with Crippen LogP contribution in [0.1, 0.15) is 32.1 Å². The molecule has 0 amide bonds. The number of nitrogens with zero attached hydrogens (tertiary/aromatic N) is 2. The summed E-state index contributed by atoms with van der Waals surface area (Å²) in [7, 11) is 0.